The van der Waals surface area contributed by atoms with Crippen LogP contribution in [0.15, 0.2) is 23.0 Å². The van der Waals surface area contributed by atoms with Gasteiger partial charge in [-0.1, -0.05) is 6.07 Å². The Labute approximate surface area is 154 Å². The van der Waals surface area contributed by atoms with Crippen LogP contribution in [-0.4, -0.2) is 59.9 Å². The zero-order valence-corrected chi connectivity index (χ0v) is 15.9. The van der Waals surface area contributed by atoms with Gasteiger partial charge in [0.25, 0.3) is 5.56 Å². The van der Waals surface area contributed by atoms with Crippen LogP contribution < -0.4 is 5.56 Å². The number of hydrogen-bond donors (Lipinski definition) is 0. The summed E-state index contributed by atoms with van der Waals surface area (Å²) >= 11 is 0. The Hall–Kier alpha value is -1.98. The van der Waals surface area contributed by atoms with Crippen molar-refractivity contribution >= 4 is 16.7 Å². The van der Waals surface area contributed by atoms with Crippen LogP contribution in [0.1, 0.15) is 27.9 Å². The second-order valence-corrected chi connectivity index (χ2v) is 7.93. The number of piperazine rings is 1. The highest BCUT2D eigenvalue weighted by Gasteiger charge is 2.31. The van der Waals surface area contributed by atoms with Crippen LogP contribution in [0.25, 0.3) is 10.9 Å². The van der Waals surface area contributed by atoms with E-state index in [2.05, 4.69) is 16.8 Å². The minimum atomic E-state index is 0.00898. The molecule has 0 radical (unpaired) electrons. The molecule has 138 valence electrons. The van der Waals surface area contributed by atoms with Crippen LogP contribution in [0.2, 0.25) is 0 Å². The number of benzene rings is 1. The van der Waals surface area contributed by atoms with Crippen LogP contribution in [0.3, 0.4) is 0 Å². The standard InChI is InChI=1S/C21H27N3O2/c1-14-12-17-18(23(3)21(14)26)7-6-15-4-5-16(20(25)19(15)17)13-24-10-8-22(2)9-11-24/h6-7,12,16H,4-5,8-11,13H2,1-3H3. The van der Waals surface area contributed by atoms with Crippen LogP contribution in [0.5, 0.6) is 0 Å². The first kappa shape index (κ1) is 17.4. The maximum absolute atomic E-state index is 13.4. The van der Waals surface area contributed by atoms with E-state index in [1.54, 1.807) is 11.6 Å². The lowest BCUT2D eigenvalue weighted by Crippen LogP contribution is -2.47. The fraction of sp³-hybridized carbons (Fsp3) is 0.524. The molecule has 0 amide bonds. The predicted molar refractivity (Wildman–Crippen MR) is 104 cm³/mol. The van der Waals surface area contributed by atoms with Gasteiger partial charge >= 0.3 is 0 Å². The molecule has 1 aliphatic carbocycles. The Morgan fingerprint density at radius 1 is 1.08 bits per heavy atom. The minimum absolute atomic E-state index is 0.00898. The number of ketones is 1. The Morgan fingerprint density at radius 2 is 1.81 bits per heavy atom. The van der Waals surface area contributed by atoms with Crippen molar-refractivity contribution in [1.82, 2.24) is 14.4 Å². The average Bonchev–Trinajstić information content (AvgIpc) is 2.63. The molecule has 0 bridgehead atoms. The zero-order chi connectivity index (χ0) is 18.4. The van der Waals surface area contributed by atoms with E-state index >= 15 is 0 Å². The number of hydrogen-bond acceptors (Lipinski definition) is 4. The molecule has 0 saturated carbocycles. The second-order valence-electron chi connectivity index (χ2n) is 7.93. The third kappa shape index (κ3) is 2.89. The van der Waals surface area contributed by atoms with E-state index in [9.17, 15) is 9.59 Å². The monoisotopic (exact) mass is 353 g/mol. The molecule has 4 rings (SSSR count). The van der Waals surface area contributed by atoms with E-state index in [1.807, 2.05) is 25.1 Å². The van der Waals surface area contributed by atoms with E-state index in [4.69, 9.17) is 0 Å². The van der Waals surface area contributed by atoms with E-state index in [0.717, 1.165) is 67.6 Å². The molecule has 5 nitrogen and oxygen atoms in total. The molecular weight excluding hydrogens is 326 g/mol. The van der Waals surface area contributed by atoms with Crippen molar-refractivity contribution in [2.45, 2.75) is 19.8 Å². The maximum atomic E-state index is 13.4. The first-order chi connectivity index (χ1) is 12.5. The highest BCUT2D eigenvalue weighted by atomic mass is 16.1. The van der Waals surface area contributed by atoms with Crippen molar-refractivity contribution in [3.8, 4) is 0 Å². The number of aryl methyl sites for hydroxylation is 3. The maximum Gasteiger partial charge on any atom is 0.253 e. The topological polar surface area (TPSA) is 45.6 Å². The van der Waals surface area contributed by atoms with Gasteiger partial charge in [0.2, 0.25) is 0 Å². The van der Waals surface area contributed by atoms with Gasteiger partial charge in [-0.3, -0.25) is 9.59 Å². The minimum Gasteiger partial charge on any atom is -0.311 e. The van der Waals surface area contributed by atoms with Gasteiger partial charge in [0.05, 0.1) is 5.52 Å². The summed E-state index contributed by atoms with van der Waals surface area (Å²) in [6.45, 7) is 6.90. The Morgan fingerprint density at radius 3 is 2.54 bits per heavy atom. The second kappa shape index (κ2) is 6.63. The molecule has 26 heavy (non-hydrogen) atoms. The number of nitrogens with zero attached hydrogens (tertiary/aromatic N) is 3. The van der Waals surface area contributed by atoms with Crippen LogP contribution in [0.4, 0.5) is 0 Å². The lowest BCUT2D eigenvalue weighted by Gasteiger charge is -2.35. The van der Waals surface area contributed by atoms with Crippen molar-refractivity contribution < 1.29 is 4.79 Å². The van der Waals surface area contributed by atoms with E-state index in [1.165, 1.54) is 0 Å². The fourth-order valence-electron chi connectivity index (χ4n) is 4.43. The summed E-state index contributed by atoms with van der Waals surface area (Å²) in [4.78, 5) is 30.4. The van der Waals surface area contributed by atoms with Crippen molar-refractivity contribution in [3.63, 3.8) is 0 Å². The molecular formula is C21H27N3O2. The Bertz CT molecular complexity index is 923. The van der Waals surface area contributed by atoms with Gasteiger partial charge in [-0.15, -0.1) is 0 Å². The third-order valence-electron chi connectivity index (χ3n) is 6.13. The molecule has 1 atom stereocenters. The van der Waals surface area contributed by atoms with Crippen molar-refractivity contribution in [3.05, 3.63) is 45.2 Å². The van der Waals surface area contributed by atoms with Gasteiger partial charge in [-0.2, -0.15) is 0 Å². The Kier molecular flexibility index (Phi) is 4.45. The molecule has 1 saturated heterocycles. The van der Waals surface area contributed by atoms with Crippen molar-refractivity contribution in [1.29, 1.82) is 0 Å². The Balaban J connectivity index is 1.70. The molecule has 2 aliphatic rings. The summed E-state index contributed by atoms with van der Waals surface area (Å²) in [7, 11) is 3.94. The molecule has 1 aromatic heterocycles. The predicted octanol–water partition coefficient (Wildman–Crippen LogP) is 1.84. The van der Waals surface area contributed by atoms with Crippen LogP contribution >= 0.6 is 0 Å². The summed E-state index contributed by atoms with van der Waals surface area (Å²) in [5, 5.41) is 0.940. The number of rotatable bonds is 2. The normalized spacial score (nSPS) is 22.0. The zero-order valence-electron chi connectivity index (χ0n) is 15.9. The number of fused-ring (bicyclic) bond motifs is 3. The number of aromatic nitrogens is 1. The molecule has 1 unspecified atom stereocenters. The van der Waals surface area contributed by atoms with Crippen molar-refractivity contribution in [2.75, 3.05) is 39.8 Å². The van der Waals surface area contributed by atoms with Gasteiger partial charge in [-0.25, -0.2) is 0 Å². The lowest BCUT2D eigenvalue weighted by molar-refractivity contribution is 0.0814. The lowest BCUT2D eigenvalue weighted by atomic mass is 9.80. The largest absolute Gasteiger partial charge is 0.311 e. The quantitative estimate of drug-likeness (QED) is 0.826. The van der Waals surface area contributed by atoms with E-state index in [-0.39, 0.29) is 17.3 Å². The summed E-state index contributed by atoms with van der Waals surface area (Å²) < 4.78 is 1.67. The van der Waals surface area contributed by atoms with E-state index < -0.39 is 0 Å². The van der Waals surface area contributed by atoms with Crippen LogP contribution in [0, 0.1) is 12.8 Å². The molecule has 1 aromatic carbocycles. The number of Topliss-reactive ketones (excluding diaryl/α,β-unsaturated/α-hetero) is 1. The molecule has 0 N–H and O–H groups in total. The molecule has 2 heterocycles. The first-order valence-electron chi connectivity index (χ1n) is 9.53. The molecule has 1 aliphatic heterocycles. The number of carbonyl (C=O) groups is 1. The average molecular weight is 353 g/mol. The molecule has 0 spiro atoms. The van der Waals surface area contributed by atoms with Gasteiger partial charge in [0.1, 0.15) is 0 Å². The van der Waals surface area contributed by atoms with Crippen LogP contribution in [-0.2, 0) is 13.5 Å². The first-order valence-corrected chi connectivity index (χ1v) is 9.53. The highest BCUT2D eigenvalue weighted by molar-refractivity contribution is 6.10. The summed E-state index contributed by atoms with van der Waals surface area (Å²) in [5.74, 6) is 0.322. The van der Waals surface area contributed by atoms with Gasteiger partial charge < -0.3 is 14.4 Å². The smallest absolute Gasteiger partial charge is 0.253 e. The fourth-order valence-corrected chi connectivity index (χ4v) is 4.43. The number of carbonyl (C=O) groups excluding carboxylic acids is 1. The summed E-state index contributed by atoms with van der Waals surface area (Å²) in [6.07, 6.45) is 1.87. The third-order valence-corrected chi connectivity index (χ3v) is 6.13. The highest BCUT2D eigenvalue weighted by Crippen LogP contribution is 2.32. The van der Waals surface area contributed by atoms with Gasteiger partial charge in [-0.05, 0) is 44.5 Å². The molecule has 1 fully saturated rings. The van der Waals surface area contributed by atoms with Crippen molar-refractivity contribution in [2.24, 2.45) is 13.0 Å². The van der Waals surface area contributed by atoms with Gasteiger partial charge in [0.15, 0.2) is 5.78 Å². The summed E-state index contributed by atoms with van der Waals surface area (Å²) in [6, 6.07) is 5.94. The SMILES string of the molecule is Cc1cc2c3c(ccc2n(C)c1=O)CCC(CN1CCN(C)CC1)C3=O. The number of likely N-dealkylation sites (N-methyl/N-ethyl adjacent to an activating group) is 1. The van der Waals surface area contributed by atoms with Gasteiger partial charge in [0, 0.05) is 62.2 Å². The van der Waals surface area contributed by atoms with E-state index in [0.29, 0.717) is 5.56 Å². The summed E-state index contributed by atoms with van der Waals surface area (Å²) in [5.41, 5.74) is 3.55. The molecule has 2 aromatic rings. The molecule has 5 heteroatoms. The number of pyridine rings is 1.